The molecule has 0 aliphatic rings. The summed E-state index contributed by atoms with van der Waals surface area (Å²) in [4.78, 5) is 5.14. The van der Waals surface area contributed by atoms with Gasteiger partial charge in [0.1, 0.15) is 5.82 Å². The summed E-state index contributed by atoms with van der Waals surface area (Å²) >= 11 is 0. The number of nitrogens with zero attached hydrogens (tertiary/aromatic N) is 2. The second kappa shape index (κ2) is 23.3. The van der Waals surface area contributed by atoms with E-state index in [4.69, 9.17) is 4.98 Å². The summed E-state index contributed by atoms with van der Waals surface area (Å²) in [5.74, 6) is 1.36. The predicted molar refractivity (Wildman–Crippen MR) is 168 cm³/mol. The number of rotatable bonds is 26. The molecule has 0 N–H and O–H groups in total. The predicted octanol–water partition coefficient (Wildman–Crippen LogP) is 11.4. The van der Waals surface area contributed by atoms with Gasteiger partial charge in [-0.3, -0.25) is 0 Å². The van der Waals surface area contributed by atoms with Crippen LogP contribution in [0, 0.1) is 0 Å². The lowest BCUT2D eigenvalue weighted by atomic mass is 10.1. The molecule has 0 aliphatic carbocycles. The van der Waals surface area contributed by atoms with Gasteiger partial charge in [0.25, 0.3) is 0 Å². The summed E-state index contributed by atoms with van der Waals surface area (Å²) in [7, 11) is 0. The Labute approximate surface area is 237 Å². The van der Waals surface area contributed by atoms with Gasteiger partial charge in [0.2, 0.25) is 0 Å². The highest BCUT2D eigenvalue weighted by atomic mass is 15.1. The van der Waals surface area contributed by atoms with Crippen LogP contribution in [0.3, 0.4) is 0 Å². The van der Waals surface area contributed by atoms with Crippen LogP contribution in [0.2, 0.25) is 0 Å². The molecule has 38 heavy (non-hydrogen) atoms. The van der Waals surface area contributed by atoms with Crippen molar-refractivity contribution >= 4 is 0 Å². The van der Waals surface area contributed by atoms with Gasteiger partial charge in [0, 0.05) is 19.2 Å². The lowest BCUT2D eigenvalue weighted by Gasteiger charge is -2.08. The van der Waals surface area contributed by atoms with Crippen LogP contribution in [0.15, 0.2) is 36.5 Å². The molecule has 2 nitrogen and oxygen atoms in total. The van der Waals surface area contributed by atoms with E-state index in [-0.39, 0.29) is 0 Å². The van der Waals surface area contributed by atoms with Crippen molar-refractivity contribution in [3.05, 3.63) is 53.6 Å². The molecule has 0 aliphatic heterocycles. The van der Waals surface area contributed by atoms with Gasteiger partial charge in [-0.2, -0.15) is 0 Å². The van der Waals surface area contributed by atoms with Crippen LogP contribution in [0.1, 0.15) is 166 Å². The van der Waals surface area contributed by atoms with E-state index in [2.05, 4.69) is 54.9 Å². The minimum absolute atomic E-state index is 1.10. The number of benzene rings is 1. The quantitative estimate of drug-likeness (QED) is 0.112. The first kappa shape index (κ1) is 32.6. The maximum atomic E-state index is 5.14. The van der Waals surface area contributed by atoms with E-state index in [9.17, 15) is 0 Å². The average molecular weight is 523 g/mol. The Morgan fingerprint density at radius 1 is 0.500 bits per heavy atom. The molecule has 1 aromatic heterocycles. The summed E-state index contributed by atoms with van der Waals surface area (Å²) in [5, 5.41) is 0. The second-order valence-corrected chi connectivity index (χ2v) is 11.8. The topological polar surface area (TPSA) is 17.8 Å². The van der Waals surface area contributed by atoms with Crippen molar-refractivity contribution in [1.29, 1.82) is 0 Å². The van der Waals surface area contributed by atoms with Crippen LogP contribution in [-0.2, 0) is 25.8 Å². The van der Waals surface area contributed by atoms with Gasteiger partial charge in [0.15, 0.2) is 0 Å². The van der Waals surface area contributed by atoms with Crippen molar-refractivity contribution in [2.24, 2.45) is 0 Å². The van der Waals surface area contributed by atoms with Crippen LogP contribution >= 0.6 is 0 Å². The van der Waals surface area contributed by atoms with E-state index >= 15 is 0 Å². The third kappa shape index (κ3) is 16.4. The van der Waals surface area contributed by atoms with Gasteiger partial charge in [-0.1, -0.05) is 160 Å². The number of imidazole rings is 1. The fourth-order valence-electron chi connectivity index (χ4n) is 5.69. The van der Waals surface area contributed by atoms with Gasteiger partial charge >= 0.3 is 0 Å². The highest BCUT2D eigenvalue weighted by molar-refractivity contribution is 5.15. The molecule has 2 aromatic rings. The number of hydrogen-bond donors (Lipinski definition) is 0. The molecule has 0 atom stereocenters. The van der Waals surface area contributed by atoms with E-state index in [1.807, 2.05) is 0 Å². The number of aromatic nitrogens is 2. The summed E-state index contributed by atoms with van der Waals surface area (Å²) in [6.07, 6.45) is 35.0. The molecule has 1 aromatic carbocycles. The van der Waals surface area contributed by atoms with E-state index < -0.39 is 0 Å². The normalized spacial score (nSPS) is 11.4. The summed E-state index contributed by atoms with van der Waals surface area (Å²) in [6.45, 7) is 5.77. The van der Waals surface area contributed by atoms with Crippen molar-refractivity contribution in [2.45, 2.75) is 174 Å². The van der Waals surface area contributed by atoms with Crippen LogP contribution < -0.4 is 0 Å². The van der Waals surface area contributed by atoms with Gasteiger partial charge in [-0.05, 0) is 37.7 Å². The molecule has 0 bridgehead atoms. The highest BCUT2D eigenvalue weighted by Gasteiger charge is 2.08. The van der Waals surface area contributed by atoms with Crippen molar-refractivity contribution in [2.75, 3.05) is 0 Å². The Hall–Kier alpha value is -1.57. The van der Waals surface area contributed by atoms with Crippen molar-refractivity contribution in [3.8, 4) is 0 Å². The first-order chi connectivity index (χ1) is 18.8. The Morgan fingerprint density at radius 3 is 1.55 bits per heavy atom. The highest BCUT2D eigenvalue weighted by Crippen LogP contribution is 2.16. The van der Waals surface area contributed by atoms with E-state index in [1.165, 1.54) is 152 Å². The lowest BCUT2D eigenvalue weighted by molar-refractivity contribution is 0.518. The molecule has 0 radical (unpaired) electrons. The Balaban J connectivity index is 1.66. The first-order valence-corrected chi connectivity index (χ1v) is 16.9. The Bertz CT molecular complexity index is 763. The molecule has 0 unspecified atom stereocenters. The number of hydrogen-bond acceptors (Lipinski definition) is 1. The van der Waals surface area contributed by atoms with Gasteiger partial charge in [-0.25, -0.2) is 4.98 Å². The molecule has 0 spiro atoms. The SMILES string of the molecule is CCCCCCCCCCCCCCn1cc(CCCc2ccccc2)nc1CCCCCCCCCC. The zero-order valence-electron chi connectivity index (χ0n) is 25.5. The molecule has 0 saturated heterocycles. The first-order valence-electron chi connectivity index (χ1n) is 16.9. The molecular weight excluding hydrogens is 460 g/mol. The summed E-state index contributed by atoms with van der Waals surface area (Å²) in [5.41, 5.74) is 2.76. The Kier molecular flexibility index (Phi) is 20.0. The third-order valence-electron chi connectivity index (χ3n) is 8.16. The van der Waals surface area contributed by atoms with E-state index in [0.717, 1.165) is 25.8 Å². The molecule has 0 fully saturated rings. The van der Waals surface area contributed by atoms with Crippen LogP contribution in [0.4, 0.5) is 0 Å². The third-order valence-corrected chi connectivity index (χ3v) is 8.16. The minimum Gasteiger partial charge on any atom is -0.335 e. The molecular formula is C36H62N2. The molecule has 0 saturated carbocycles. The summed E-state index contributed by atoms with van der Waals surface area (Å²) in [6, 6.07) is 10.9. The minimum atomic E-state index is 1.10. The van der Waals surface area contributed by atoms with E-state index in [0.29, 0.717) is 0 Å². The largest absolute Gasteiger partial charge is 0.335 e. The fourth-order valence-corrected chi connectivity index (χ4v) is 5.69. The molecule has 0 amide bonds. The van der Waals surface area contributed by atoms with Crippen molar-refractivity contribution in [1.82, 2.24) is 9.55 Å². The smallest absolute Gasteiger partial charge is 0.108 e. The lowest BCUT2D eigenvalue weighted by Crippen LogP contribution is -2.03. The van der Waals surface area contributed by atoms with Crippen LogP contribution in [0.25, 0.3) is 0 Å². The number of aryl methyl sites for hydroxylation is 4. The fraction of sp³-hybridized carbons (Fsp3) is 0.750. The summed E-state index contributed by atoms with van der Waals surface area (Å²) < 4.78 is 2.52. The average Bonchev–Trinajstić information content (AvgIpc) is 3.32. The Morgan fingerprint density at radius 2 is 1.00 bits per heavy atom. The van der Waals surface area contributed by atoms with Crippen molar-refractivity contribution in [3.63, 3.8) is 0 Å². The maximum absolute atomic E-state index is 5.14. The van der Waals surface area contributed by atoms with E-state index in [1.54, 1.807) is 0 Å². The monoisotopic (exact) mass is 522 g/mol. The molecule has 216 valence electrons. The second-order valence-electron chi connectivity index (χ2n) is 11.8. The van der Waals surface area contributed by atoms with Crippen LogP contribution in [-0.4, -0.2) is 9.55 Å². The van der Waals surface area contributed by atoms with Gasteiger partial charge in [-0.15, -0.1) is 0 Å². The molecule has 1 heterocycles. The van der Waals surface area contributed by atoms with Gasteiger partial charge in [0.05, 0.1) is 5.69 Å². The van der Waals surface area contributed by atoms with Crippen molar-refractivity contribution < 1.29 is 0 Å². The zero-order chi connectivity index (χ0) is 26.9. The van der Waals surface area contributed by atoms with Crippen LogP contribution in [0.5, 0.6) is 0 Å². The zero-order valence-corrected chi connectivity index (χ0v) is 25.5. The molecule has 2 rings (SSSR count). The van der Waals surface area contributed by atoms with Gasteiger partial charge < -0.3 is 4.57 Å². The standard InChI is InChI=1S/C36H62N2/c1-3-5-7-9-11-13-14-15-16-18-20-25-32-38-33-35(30-26-29-34-27-22-21-23-28-34)37-36(38)31-24-19-17-12-10-8-6-4-2/h21-23,27-28,33H,3-20,24-26,29-32H2,1-2H3. The molecule has 2 heteroatoms. The maximum Gasteiger partial charge on any atom is 0.108 e. The number of unbranched alkanes of at least 4 members (excludes halogenated alkanes) is 18.